The van der Waals surface area contributed by atoms with Gasteiger partial charge in [0.2, 0.25) is 0 Å². The molecular formula is C26H38Si2. The lowest BCUT2D eigenvalue weighted by Gasteiger charge is -2.25. The van der Waals surface area contributed by atoms with Crippen LogP contribution in [-0.2, 0) is 12.8 Å². The molecule has 0 aliphatic heterocycles. The lowest BCUT2D eigenvalue weighted by molar-refractivity contribution is 0.922. The van der Waals surface area contributed by atoms with Crippen LogP contribution in [0.3, 0.4) is 0 Å². The van der Waals surface area contributed by atoms with Crippen molar-refractivity contribution in [3.8, 4) is 11.1 Å². The van der Waals surface area contributed by atoms with Gasteiger partial charge in [0.15, 0.2) is 0 Å². The summed E-state index contributed by atoms with van der Waals surface area (Å²) in [6.45, 7) is 19.5. The number of fused-ring (bicyclic) bond motifs is 1. The van der Waals surface area contributed by atoms with E-state index in [-0.39, 0.29) is 0 Å². The molecule has 0 heterocycles. The van der Waals surface area contributed by atoms with Crippen LogP contribution in [0, 0.1) is 0 Å². The Hall–Kier alpha value is -1.39. The second-order valence-corrected chi connectivity index (χ2v) is 20.7. The fraction of sp³-hybridized carbons (Fsp3) is 0.462. The Labute approximate surface area is 175 Å². The van der Waals surface area contributed by atoms with Crippen LogP contribution in [0.15, 0.2) is 35.9 Å². The first-order chi connectivity index (χ1) is 13.0. The van der Waals surface area contributed by atoms with Gasteiger partial charge in [-0.3, -0.25) is 0 Å². The van der Waals surface area contributed by atoms with Gasteiger partial charge in [-0.2, -0.15) is 0 Å². The van der Waals surface area contributed by atoms with Crippen molar-refractivity contribution in [3.05, 3.63) is 52.6 Å². The van der Waals surface area contributed by atoms with E-state index >= 15 is 0 Å². The number of allylic oxidation sites excluding steroid dienone is 1. The van der Waals surface area contributed by atoms with Gasteiger partial charge in [-0.05, 0) is 47.1 Å². The number of hydrogen-bond acceptors (Lipinski definition) is 0. The lowest BCUT2D eigenvalue weighted by Crippen LogP contribution is -2.45. The van der Waals surface area contributed by atoms with E-state index in [1.54, 1.807) is 15.9 Å². The van der Waals surface area contributed by atoms with Gasteiger partial charge >= 0.3 is 0 Å². The molecule has 0 nitrogen and oxygen atoms in total. The summed E-state index contributed by atoms with van der Waals surface area (Å²) in [7, 11) is -2.77. The van der Waals surface area contributed by atoms with Crippen LogP contribution in [0.4, 0.5) is 0 Å². The van der Waals surface area contributed by atoms with Crippen molar-refractivity contribution >= 4 is 32.6 Å². The van der Waals surface area contributed by atoms with Crippen molar-refractivity contribution in [1.29, 1.82) is 0 Å². The number of aryl methyl sites for hydroxylation is 1. The monoisotopic (exact) mass is 406 g/mol. The molecule has 0 atom stereocenters. The first-order valence-electron chi connectivity index (χ1n) is 11.0. The standard InChI is InChI=1S/C26H38Si2/c1-9-11-20-12-13-21-14-19(10-2)15-25(21)26(20)22-16-23(27(3,4)5)18-24(17-22)28(6,7)8/h12-13,15-18H,9-11,14H2,1-8H3. The average molecular weight is 407 g/mol. The zero-order valence-corrected chi connectivity index (χ0v) is 21.3. The predicted molar refractivity (Wildman–Crippen MR) is 134 cm³/mol. The van der Waals surface area contributed by atoms with E-state index in [4.69, 9.17) is 0 Å². The molecule has 0 N–H and O–H groups in total. The SMILES string of the molecule is CCCc1ccc2c(c1-c1cc([Si](C)(C)C)cc([Si](C)(C)C)c1)C=C(CC)C2. The first-order valence-corrected chi connectivity index (χ1v) is 18.0. The Kier molecular flexibility index (Phi) is 5.94. The van der Waals surface area contributed by atoms with Crippen molar-refractivity contribution in [2.75, 3.05) is 0 Å². The summed E-state index contributed by atoms with van der Waals surface area (Å²) in [4.78, 5) is 0. The molecule has 2 aromatic rings. The molecule has 0 saturated heterocycles. The number of hydrogen-bond donors (Lipinski definition) is 0. The molecule has 1 aliphatic carbocycles. The van der Waals surface area contributed by atoms with Crippen molar-refractivity contribution in [1.82, 2.24) is 0 Å². The third kappa shape index (κ3) is 4.28. The zero-order valence-electron chi connectivity index (χ0n) is 19.3. The molecular weight excluding hydrogens is 368 g/mol. The molecule has 0 bridgehead atoms. The molecule has 0 fully saturated rings. The molecule has 2 aromatic carbocycles. The summed E-state index contributed by atoms with van der Waals surface area (Å²) in [5.74, 6) is 0. The fourth-order valence-corrected chi connectivity index (χ4v) is 6.71. The van der Waals surface area contributed by atoms with Gasteiger partial charge in [0.25, 0.3) is 0 Å². The fourth-order valence-electron chi connectivity index (χ4n) is 4.21. The molecule has 0 unspecified atom stereocenters. The van der Waals surface area contributed by atoms with Crippen LogP contribution in [0.2, 0.25) is 39.3 Å². The third-order valence-corrected chi connectivity index (χ3v) is 10.2. The molecule has 28 heavy (non-hydrogen) atoms. The predicted octanol–water partition coefficient (Wildman–Crippen LogP) is 6.75. The molecule has 0 saturated carbocycles. The minimum Gasteiger partial charge on any atom is -0.0656 e. The van der Waals surface area contributed by atoms with Gasteiger partial charge in [-0.25, -0.2) is 0 Å². The lowest BCUT2D eigenvalue weighted by atomic mass is 9.90. The molecule has 150 valence electrons. The van der Waals surface area contributed by atoms with E-state index in [1.165, 1.54) is 34.2 Å². The van der Waals surface area contributed by atoms with Crippen LogP contribution >= 0.6 is 0 Å². The van der Waals surface area contributed by atoms with Crippen molar-refractivity contribution in [2.45, 2.75) is 78.8 Å². The molecule has 3 rings (SSSR count). The molecule has 0 aromatic heterocycles. The molecule has 2 heteroatoms. The molecule has 0 radical (unpaired) electrons. The van der Waals surface area contributed by atoms with Gasteiger partial charge in [0.1, 0.15) is 0 Å². The second-order valence-electron chi connectivity index (χ2n) is 10.6. The van der Waals surface area contributed by atoms with E-state index in [1.807, 2.05) is 0 Å². The summed E-state index contributed by atoms with van der Waals surface area (Å²) in [6.07, 6.45) is 7.16. The van der Waals surface area contributed by atoms with Gasteiger partial charge in [0, 0.05) is 0 Å². The summed E-state index contributed by atoms with van der Waals surface area (Å²) in [5, 5.41) is 3.22. The largest absolute Gasteiger partial charge is 0.0776 e. The van der Waals surface area contributed by atoms with Crippen LogP contribution in [0.1, 0.15) is 43.4 Å². The first kappa shape index (κ1) is 21.3. The van der Waals surface area contributed by atoms with Gasteiger partial charge in [-0.1, -0.05) is 112 Å². The Balaban J connectivity index is 2.31. The molecule has 1 aliphatic rings. The normalized spacial score (nSPS) is 14.2. The van der Waals surface area contributed by atoms with Crippen molar-refractivity contribution < 1.29 is 0 Å². The highest BCUT2D eigenvalue weighted by Gasteiger charge is 2.25. The van der Waals surface area contributed by atoms with Crippen LogP contribution in [0.5, 0.6) is 0 Å². The summed E-state index contributed by atoms with van der Waals surface area (Å²) >= 11 is 0. The smallest absolute Gasteiger partial charge is 0.0656 e. The van der Waals surface area contributed by atoms with Gasteiger partial charge < -0.3 is 0 Å². The second kappa shape index (κ2) is 7.80. The van der Waals surface area contributed by atoms with E-state index in [0.29, 0.717) is 0 Å². The van der Waals surface area contributed by atoms with E-state index in [0.717, 1.165) is 19.3 Å². The molecule has 0 amide bonds. The number of rotatable bonds is 6. The van der Waals surface area contributed by atoms with Gasteiger partial charge in [0.05, 0.1) is 16.1 Å². The number of benzene rings is 2. The minimum absolute atomic E-state index is 1.14. The van der Waals surface area contributed by atoms with Crippen molar-refractivity contribution in [2.24, 2.45) is 0 Å². The third-order valence-electron chi connectivity index (χ3n) is 6.12. The average Bonchev–Trinajstić information content (AvgIpc) is 3.03. The summed E-state index contributed by atoms with van der Waals surface area (Å²) in [6, 6.07) is 12.5. The van der Waals surface area contributed by atoms with Crippen LogP contribution in [-0.4, -0.2) is 16.1 Å². The van der Waals surface area contributed by atoms with E-state index in [9.17, 15) is 0 Å². The Morgan fingerprint density at radius 3 is 1.93 bits per heavy atom. The summed E-state index contributed by atoms with van der Waals surface area (Å²) in [5.41, 5.74) is 9.16. The maximum atomic E-state index is 2.55. The van der Waals surface area contributed by atoms with E-state index in [2.05, 4.69) is 89.5 Å². The highest BCUT2D eigenvalue weighted by atomic mass is 28.3. The quantitative estimate of drug-likeness (QED) is 0.466. The topological polar surface area (TPSA) is 0 Å². The Bertz CT molecular complexity index is 873. The van der Waals surface area contributed by atoms with Crippen LogP contribution in [0.25, 0.3) is 17.2 Å². The molecule has 0 spiro atoms. The summed E-state index contributed by atoms with van der Waals surface area (Å²) < 4.78 is 0. The maximum Gasteiger partial charge on any atom is 0.0776 e. The van der Waals surface area contributed by atoms with E-state index < -0.39 is 16.1 Å². The zero-order chi connectivity index (χ0) is 20.7. The Morgan fingerprint density at radius 2 is 1.43 bits per heavy atom. The maximum absolute atomic E-state index is 2.55. The van der Waals surface area contributed by atoms with Gasteiger partial charge in [-0.15, -0.1) is 0 Å². The highest BCUT2D eigenvalue weighted by molar-refractivity contribution is 6.91. The van der Waals surface area contributed by atoms with Crippen molar-refractivity contribution in [3.63, 3.8) is 0 Å². The van der Waals surface area contributed by atoms with Crippen LogP contribution < -0.4 is 10.4 Å². The Morgan fingerprint density at radius 1 is 0.821 bits per heavy atom. The highest BCUT2D eigenvalue weighted by Crippen LogP contribution is 2.38. The minimum atomic E-state index is -1.38.